The second-order valence-corrected chi connectivity index (χ2v) is 11.0. The van der Waals surface area contributed by atoms with Gasteiger partial charge in [0.05, 0.1) is 0 Å². The minimum Gasteiger partial charge on any atom is -0.345 e. The maximum absolute atomic E-state index is 12.9. The number of hydrogen-bond donors (Lipinski definition) is 0. The summed E-state index contributed by atoms with van der Waals surface area (Å²) in [4.78, 5) is 44.1. The Hall–Kier alpha value is -1.92. The minimum atomic E-state index is -0.179. The van der Waals surface area contributed by atoms with E-state index in [9.17, 15) is 14.4 Å². The van der Waals surface area contributed by atoms with Crippen LogP contribution in [0.25, 0.3) is 0 Å². The average Bonchev–Trinajstić information content (AvgIpc) is 3.43. The molecule has 1 aromatic carbocycles. The first-order valence-electron chi connectivity index (χ1n) is 12.8. The van der Waals surface area contributed by atoms with Gasteiger partial charge in [-0.3, -0.25) is 19.3 Å². The van der Waals surface area contributed by atoms with Gasteiger partial charge in [0.2, 0.25) is 11.8 Å². The van der Waals surface area contributed by atoms with Gasteiger partial charge in [-0.05, 0) is 61.9 Å². The highest BCUT2D eigenvalue weighted by Gasteiger charge is 2.33. The number of amides is 2. The molecule has 7 heteroatoms. The van der Waals surface area contributed by atoms with Gasteiger partial charge >= 0.3 is 0 Å². The maximum Gasteiger partial charge on any atom is 0.226 e. The smallest absolute Gasteiger partial charge is 0.226 e. The van der Waals surface area contributed by atoms with Crippen LogP contribution >= 0.6 is 11.6 Å². The number of carbonyl (C=O) groups excluding carboxylic acids is 3. The molecule has 3 fully saturated rings. The lowest BCUT2D eigenvalue weighted by Crippen LogP contribution is -2.54. The molecule has 186 valence electrons. The number of ketones is 1. The van der Waals surface area contributed by atoms with Gasteiger partial charge in [0, 0.05) is 75.5 Å². The van der Waals surface area contributed by atoms with E-state index in [-0.39, 0.29) is 29.6 Å². The molecule has 34 heavy (non-hydrogen) atoms. The summed E-state index contributed by atoms with van der Waals surface area (Å²) in [5.74, 6) is 0.566. The van der Waals surface area contributed by atoms with E-state index in [0.717, 1.165) is 68.7 Å². The number of benzene rings is 1. The summed E-state index contributed by atoms with van der Waals surface area (Å²) in [5.41, 5.74) is 3.19. The van der Waals surface area contributed by atoms with Crippen LogP contribution in [-0.4, -0.2) is 71.6 Å². The van der Waals surface area contributed by atoms with Crippen molar-refractivity contribution >= 4 is 29.2 Å². The van der Waals surface area contributed by atoms with Gasteiger partial charge in [0.25, 0.3) is 0 Å². The molecule has 1 saturated carbocycles. The molecule has 1 aliphatic carbocycles. The molecule has 4 rings (SSSR count). The Morgan fingerprint density at radius 1 is 1.06 bits per heavy atom. The fraction of sp³-hybridized carbons (Fsp3) is 0.667. The first kappa shape index (κ1) is 25.2. The van der Waals surface area contributed by atoms with Crippen molar-refractivity contribution < 1.29 is 14.4 Å². The number of hydrogen-bond acceptors (Lipinski definition) is 4. The zero-order chi connectivity index (χ0) is 24.4. The van der Waals surface area contributed by atoms with Crippen LogP contribution in [0.15, 0.2) is 12.1 Å². The van der Waals surface area contributed by atoms with Crippen molar-refractivity contribution in [1.82, 2.24) is 14.7 Å². The van der Waals surface area contributed by atoms with Crippen molar-refractivity contribution in [3.05, 3.63) is 33.8 Å². The molecular formula is C27H38ClN3O3. The van der Waals surface area contributed by atoms with Crippen molar-refractivity contribution in [2.24, 2.45) is 11.8 Å². The Bertz CT molecular complexity index is 943. The summed E-state index contributed by atoms with van der Waals surface area (Å²) in [6.07, 6.45) is 5.82. The molecule has 3 aliphatic rings. The van der Waals surface area contributed by atoms with Crippen molar-refractivity contribution in [1.29, 1.82) is 0 Å². The SMILES string of the molecule is Cc1c(CC(=O)C[C@@H]2CCN(C)C2=O)cc(Cl)cc1CN1CCN(C(=O)C2CCCC2)[C@@H](C)C1. The van der Waals surface area contributed by atoms with Crippen LogP contribution < -0.4 is 0 Å². The first-order valence-corrected chi connectivity index (χ1v) is 13.2. The lowest BCUT2D eigenvalue weighted by molar-refractivity contribution is -0.140. The largest absolute Gasteiger partial charge is 0.345 e. The molecule has 0 unspecified atom stereocenters. The van der Waals surface area contributed by atoms with Gasteiger partial charge in [-0.2, -0.15) is 0 Å². The lowest BCUT2D eigenvalue weighted by atomic mass is 9.93. The van der Waals surface area contributed by atoms with E-state index in [1.807, 2.05) is 12.1 Å². The fourth-order valence-electron chi connectivity index (χ4n) is 5.94. The predicted molar refractivity (Wildman–Crippen MR) is 134 cm³/mol. The molecule has 2 aliphatic heterocycles. The topological polar surface area (TPSA) is 60.9 Å². The van der Waals surface area contributed by atoms with Gasteiger partial charge in [-0.25, -0.2) is 0 Å². The van der Waals surface area contributed by atoms with Crippen LogP contribution in [0.5, 0.6) is 0 Å². The van der Waals surface area contributed by atoms with Gasteiger partial charge in [0.15, 0.2) is 0 Å². The Morgan fingerprint density at radius 3 is 2.41 bits per heavy atom. The third kappa shape index (κ3) is 5.65. The van der Waals surface area contributed by atoms with E-state index in [1.54, 1.807) is 11.9 Å². The molecule has 2 atom stereocenters. The summed E-state index contributed by atoms with van der Waals surface area (Å²) in [5, 5.41) is 0.642. The molecule has 2 heterocycles. The van der Waals surface area contributed by atoms with Crippen LogP contribution in [0, 0.1) is 18.8 Å². The Kier molecular flexibility index (Phi) is 7.98. The van der Waals surface area contributed by atoms with Crippen molar-refractivity contribution in [2.45, 2.75) is 71.4 Å². The second kappa shape index (κ2) is 10.8. The first-order chi connectivity index (χ1) is 16.2. The quantitative estimate of drug-likeness (QED) is 0.586. The van der Waals surface area contributed by atoms with Crippen molar-refractivity contribution in [2.75, 3.05) is 33.2 Å². The highest BCUT2D eigenvalue weighted by atomic mass is 35.5. The third-order valence-electron chi connectivity index (χ3n) is 8.08. The molecule has 0 N–H and O–H groups in total. The summed E-state index contributed by atoms with van der Waals surface area (Å²) in [6.45, 7) is 8.16. The second-order valence-electron chi connectivity index (χ2n) is 10.6. The number of halogens is 1. The minimum absolute atomic E-state index is 0.0801. The lowest BCUT2D eigenvalue weighted by Gasteiger charge is -2.41. The monoisotopic (exact) mass is 487 g/mol. The van der Waals surface area contributed by atoms with E-state index in [4.69, 9.17) is 11.6 Å². The van der Waals surface area contributed by atoms with Gasteiger partial charge in [-0.15, -0.1) is 0 Å². The molecule has 6 nitrogen and oxygen atoms in total. The third-order valence-corrected chi connectivity index (χ3v) is 8.30. The van der Waals surface area contributed by atoms with Gasteiger partial charge in [0.1, 0.15) is 5.78 Å². The zero-order valence-electron chi connectivity index (χ0n) is 20.8. The predicted octanol–water partition coefficient (Wildman–Crippen LogP) is 3.85. The number of likely N-dealkylation sites (tertiary alicyclic amines) is 1. The van der Waals surface area contributed by atoms with Gasteiger partial charge in [-0.1, -0.05) is 24.4 Å². The number of rotatable bonds is 7. The summed E-state index contributed by atoms with van der Waals surface area (Å²) in [7, 11) is 1.80. The highest BCUT2D eigenvalue weighted by molar-refractivity contribution is 6.30. The van der Waals surface area contributed by atoms with Crippen LogP contribution in [-0.2, 0) is 27.3 Å². The van der Waals surface area contributed by atoms with Crippen molar-refractivity contribution in [3.63, 3.8) is 0 Å². The average molecular weight is 488 g/mol. The standard InChI is InChI=1S/C27H38ClN3O3/c1-18-16-30(10-11-31(18)27(34)20-6-4-5-7-20)17-23-13-24(28)12-22(19(23)2)15-25(32)14-21-8-9-29(3)26(21)33/h12-13,18,20-21H,4-11,14-17H2,1-3H3/t18-,21-/m0/s1. The molecule has 0 spiro atoms. The molecule has 0 bridgehead atoms. The number of Topliss-reactive ketones (excluding diaryl/α,β-unsaturated/α-hetero) is 1. The van der Waals surface area contributed by atoms with E-state index >= 15 is 0 Å². The Labute approximate surface area is 208 Å². The molecular weight excluding hydrogens is 450 g/mol. The summed E-state index contributed by atoms with van der Waals surface area (Å²) >= 11 is 6.46. The summed E-state index contributed by atoms with van der Waals surface area (Å²) in [6, 6.07) is 4.09. The van der Waals surface area contributed by atoms with Crippen LogP contribution in [0.4, 0.5) is 0 Å². The van der Waals surface area contributed by atoms with Crippen molar-refractivity contribution in [3.8, 4) is 0 Å². The summed E-state index contributed by atoms with van der Waals surface area (Å²) < 4.78 is 0. The highest BCUT2D eigenvalue weighted by Crippen LogP contribution is 2.29. The Balaban J connectivity index is 1.37. The van der Waals surface area contributed by atoms with Crippen LogP contribution in [0.3, 0.4) is 0 Å². The van der Waals surface area contributed by atoms with E-state index in [2.05, 4.69) is 23.6 Å². The number of piperazine rings is 1. The molecule has 0 aromatic heterocycles. The fourth-order valence-corrected chi connectivity index (χ4v) is 6.20. The normalized spacial score (nSPS) is 24.3. The molecule has 2 amide bonds. The van der Waals surface area contributed by atoms with Crippen LogP contribution in [0.1, 0.15) is 62.1 Å². The Morgan fingerprint density at radius 2 is 1.76 bits per heavy atom. The zero-order valence-corrected chi connectivity index (χ0v) is 21.6. The van der Waals surface area contributed by atoms with Crippen LogP contribution in [0.2, 0.25) is 5.02 Å². The maximum atomic E-state index is 12.9. The van der Waals surface area contributed by atoms with Gasteiger partial charge < -0.3 is 9.80 Å². The molecule has 2 saturated heterocycles. The number of carbonyl (C=O) groups is 3. The van der Waals surface area contributed by atoms with E-state index < -0.39 is 0 Å². The molecule has 1 aromatic rings. The molecule has 0 radical (unpaired) electrons. The number of nitrogens with zero attached hydrogens (tertiary/aromatic N) is 3. The van der Waals surface area contributed by atoms with E-state index in [1.165, 1.54) is 12.8 Å². The van der Waals surface area contributed by atoms with E-state index in [0.29, 0.717) is 23.8 Å².